The molecule has 2 fully saturated rings. The molecule has 1 saturated heterocycles. The van der Waals surface area contributed by atoms with Gasteiger partial charge in [-0.25, -0.2) is 18.6 Å². The summed E-state index contributed by atoms with van der Waals surface area (Å²) in [5.41, 5.74) is 1.23. The molecule has 6 rings (SSSR count). The van der Waals surface area contributed by atoms with Crippen molar-refractivity contribution in [1.29, 1.82) is 0 Å². The number of hydrogen-bond donors (Lipinski definition) is 3. The number of anilines is 3. The third-order valence-electron chi connectivity index (χ3n) is 6.13. The first-order chi connectivity index (χ1) is 14.5. The number of halogens is 2. The Bertz CT molecular complexity index is 930. The Labute approximate surface area is 172 Å². The van der Waals surface area contributed by atoms with Gasteiger partial charge in [-0.05, 0) is 37.7 Å². The van der Waals surface area contributed by atoms with Crippen LogP contribution in [0.15, 0.2) is 18.2 Å². The topological polar surface area (TPSA) is 95.2 Å². The second-order valence-electron chi connectivity index (χ2n) is 8.30. The molecule has 0 aromatic carbocycles. The Hall–Kier alpha value is -2.91. The highest BCUT2D eigenvalue weighted by Gasteiger charge is 2.31. The number of pyridine rings is 1. The molecule has 1 saturated carbocycles. The maximum Gasteiger partial charge on any atom is 0.407 e. The lowest BCUT2D eigenvalue weighted by Crippen LogP contribution is -2.48. The van der Waals surface area contributed by atoms with Gasteiger partial charge in [-0.1, -0.05) is 0 Å². The molecule has 0 unspecified atom stereocenters. The van der Waals surface area contributed by atoms with Gasteiger partial charge in [0.25, 0.3) is 6.43 Å². The zero-order valence-corrected chi connectivity index (χ0v) is 16.4. The van der Waals surface area contributed by atoms with Crippen LogP contribution >= 0.6 is 0 Å². The van der Waals surface area contributed by atoms with Crippen LogP contribution in [0.1, 0.15) is 49.4 Å². The number of aromatic amines is 1. The number of hydrogen-bond acceptors (Lipinski definition) is 6. The number of rotatable bonds is 1. The lowest BCUT2D eigenvalue weighted by Gasteiger charge is -2.40. The van der Waals surface area contributed by atoms with Gasteiger partial charge in [-0.15, -0.1) is 0 Å². The van der Waals surface area contributed by atoms with Crippen molar-refractivity contribution in [1.82, 2.24) is 20.5 Å². The summed E-state index contributed by atoms with van der Waals surface area (Å²) >= 11 is 0. The van der Waals surface area contributed by atoms with Gasteiger partial charge in [0.05, 0.1) is 0 Å². The largest absolute Gasteiger partial charge is 0.446 e. The van der Waals surface area contributed by atoms with E-state index in [4.69, 9.17) is 4.74 Å². The predicted octanol–water partition coefficient (Wildman–Crippen LogP) is 3.69. The fourth-order valence-corrected chi connectivity index (χ4v) is 4.48. The van der Waals surface area contributed by atoms with Crippen molar-refractivity contribution in [2.24, 2.45) is 5.92 Å². The molecule has 8 bridgehead atoms. The Morgan fingerprint density at radius 3 is 2.87 bits per heavy atom. The molecule has 160 valence electrons. The first-order valence-electron chi connectivity index (χ1n) is 10.4. The molecule has 2 atom stereocenters. The van der Waals surface area contributed by atoms with E-state index in [-0.39, 0.29) is 23.8 Å². The number of alkyl halides is 2. The SMILES string of the molecule is O=C1NCCC2CN(C2)c2cc(cc(C(F)F)n2)Nc2cc([nH]n2)[C@H]2CC[C@H](C2)O1. The Morgan fingerprint density at radius 1 is 1.17 bits per heavy atom. The van der Waals surface area contributed by atoms with Crippen LogP contribution in [0.5, 0.6) is 0 Å². The van der Waals surface area contributed by atoms with Crippen LogP contribution < -0.4 is 15.5 Å². The minimum absolute atomic E-state index is 0.107. The third-order valence-corrected chi connectivity index (χ3v) is 6.13. The molecule has 0 radical (unpaired) electrons. The van der Waals surface area contributed by atoms with E-state index >= 15 is 0 Å². The van der Waals surface area contributed by atoms with Gasteiger partial charge in [0.1, 0.15) is 17.6 Å². The molecule has 2 aromatic rings. The van der Waals surface area contributed by atoms with E-state index < -0.39 is 6.43 Å². The maximum absolute atomic E-state index is 13.4. The first kappa shape index (κ1) is 19.1. The molecule has 2 aromatic heterocycles. The number of ether oxygens (including phenoxy) is 1. The fourth-order valence-electron chi connectivity index (χ4n) is 4.48. The molecule has 30 heavy (non-hydrogen) atoms. The molecule has 10 heteroatoms. The molecule has 3 N–H and O–H groups in total. The van der Waals surface area contributed by atoms with Crippen LogP contribution in [0.3, 0.4) is 0 Å². The minimum atomic E-state index is -2.65. The van der Waals surface area contributed by atoms with Crippen LogP contribution in [0.25, 0.3) is 0 Å². The monoisotopic (exact) mass is 418 g/mol. The Kier molecular flexibility index (Phi) is 4.92. The van der Waals surface area contributed by atoms with Gasteiger partial charge in [0.2, 0.25) is 0 Å². The Morgan fingerprint density at radius 2 is 2.03 bits per heavy atom. The zero-order chi connectivity index (χ0) is 20.7. The van der Waals surface area contributed by atoms with Crippen molar-refractivity contribution >= 4 is 23.4 Å². The molecule has 1 amide bonds. The quantitative estimate of drug-likeness (QED) is 0.654. The van der Waals surface area contributed by atoms with Crippen molar-refractivity contribution in [3.63, 3.8) is 0 Å². The van der Waals surface area contributed by atoms with Crippen LogP contribution in [-0.4, -0.2) is 47.0 Å². The number of carbonyl (C=O) groups excluding carboxylic acids is 1. The summed E-state index contributed by atoms with van der Waals surface area (Å²) in [6.07, 6.45) is 0.119. The zero-order valence-electron chi connectivity index (χ0n) is 16.4. The third kappa shape index (κ3) is 3.90. The van der Waals surface area contributed by atoms with Crippen LogP contribution in [0, 0.1) is 5.92 Å². The molecule has 8 nitrogen and oxygen atoms in total. The fraction of sp³-hybridized carbons (Fsp3) is 0.550. The van der Waals surface area contributed by atoms with E-state index in [0.717, 1.165) is 31.4 Å². The van der Waals surface area contributed by atoms with Gasteiger partial charge >= 0.3 is 6.09 Å². The highest BCUT2D eigenvalue weighted by molar-refractivity contribution is 5.67. The lowest BCUT2D eigenvalue weighted by atomic mass is 9.96. The summed E-state index contributed by atoms with van der Waals surface area (Å²) in [4.78, 5) is 18.2. The van der Waals surface area contributed by atoms with E-state index in [2.05, 4.69) is 25.8 Å². The highest BCUT2D eigenvalue weighted by Crippen LogP contribution is 2.37. The highest BCUT2D eigenvalue weighted by atomic mass is 19.3. The van der Waals surface area contributed by atoms with Crippen molar-refractivity contribution in [2.45, 2.75) is 44.1 Å². The van der Waals surface area contributed by atoms with Gasteiger partial charge in [-0.2, -0.15) is 5.10 Å². The average Bonchev–Trinajstić information content (AvgIpc) is 3.32. The summed E-state index contributed by atoms with van der Waals surface area (Å²) in [5.74, 6) is 1.68. The molecule has 3 aliphatic heterocycles. The Balaban J connectivity index is 1.42. The molecule has 1 aliphatic carbocycles. The first-order valence-corrected chi connectivity index (χ1v) is 10.4. The van der Waals surface area contributed by atoms with Crippen molar-refractivity contribution in [3.8, 4) is 0 Å². The van der Waals surface area contributed by atoms with Crippen LogP contribution in [0.2, 0.25) is 0 Å². The van der Waals surface area contributed by atoms with Crippen LogP contribution in [-0.2, 0) is 4.74 Å². The second-order valence-corrected chi connectivity index (χ2v) is 8.30. The maximum atomic E-state index is 13.4. The van der Waals surface area contributed by atoms with Gasteiger partial charge in [-0.3, -0.25) is 5.10 Å². The van der Waals surface area contributed by atoms with E-state index in [1.807, 2.05) is 11.0 Å². The van der Waals surface area contributed by atoms with E-state index in [1.54, 1.807) is 6.07 Å². The number of H-pyrrole nitrogens is 1. The summed E-state index contributed by atoms with van der Waals surface area (Å²) < 4.78 is 32.4. The minimum Gasteiger partial charge on any atom is -0.446 e. The standard InChI is InChI=1S/C20H24F2N6O2/c21-19(22)16-6-13-7-18(25-16)28-9-11(10-28)3-4-23-20(29)30-14-2-1-12(5-14)15-8-17(24-13)27-26-15/h6-8,11-12,14,19H,1-5,9-10H2,(H,23,29)(H2,24,26,27)/t12-,14+/m0/s1. The molecule has 5 heterocycles. The summed E-state index contributed by atoms with van der Waals surface area (Å²) in [6, 6.07) is 5.03. The number of carbonyl (C=O) groups is 1. The second kappa shape index (κ2) is 7.73. The van der Waals surface area contributed by atoms with E-state index in [0.29, 0.717) is 42.9 Å². The predicted molar refractivity (Wildman–Crippen MR) is 106 cm³/mol. The molecule has 0 spiro atoms. The van der Waals surface area contributed by atoms with E-state index in [9.17, 15) is 13.6 Å². The van der Waals surface area contributed by atoms with Crippen molar-refractivity contribution in [2.75, 3.05) is 29.9 Å². The normalized spacial score (nSPS) is 26.2. The molecular formula is C20H24F2N6O2. The number of aromatic nitrogens is 3. The average molecular weight is 418 g/mol. The molecular weight excluding hydrogens is 394 g/mol. The van der Waals surface area contributed by atoms with E-state index in [1.165, 1.54) is 6.07 Å². The van der Waals surface area contributed by atoms with Gasteiger partial charge < -0.3 is 20.3 Å². The van der Waals surface area contributed by atoms with Crippen LogP contribution in [0.4, 0.5) is 30.9 Å². The van der Waals surface area contributed by atoms with Crippen molar-refractivity contribution < 1.29 is 18.3 Å². The number of alkyl carbamates (subject to hydrolysis) is 1. The smallest absolute Gasteiger partial charge is 0.407 e. The summed E-state index contributed by atoms with van der Waals surface area (Å²) in [6.45, 7) is 1.97. The lowest BCUT2D eigenvalue weighted by molar-refractivity contribution is 0.0996. The number of amides is 1. The molecule has 4 aliphatic rings. The van der Waals surface area contributed by atoms with Crippen molar-refractivity contribution in [3.05, 3.63) is 29.6 Å². The van der Waals surface area contributed by atoms with Gasteiger partial charge in [0, 0.05) is 49.1 Å². The number of fused-ring (bicyclic) bond motifs is 4. The number of nitrogens with one attached hydrogen (secondary N) is 3. The van der Waals surface area contributed by atoms with Gasteiger partial charge in [0.15, 0.2) is 5.82 Å². The summed E-state index contributed by atoms with van der Waals surface area (Å²) in [7, 11) is 0. The summed E-state index contributed by atoms with van der Waals surface area (Å²) in [5, 5.41) is 13.3. The number of nitrogens with zero attached hydrogens (tertiary/aromatic N) is 3.